The van der Waals surface area contributed by atoms with Crippen LogP contribution in [0.2, 0.25) is 0 Å². The van der Waals surface area contributed by atoms with E-state index < -0.39 is 12.2 Å². The lowest BCUT2D eigenvalue weighted by atomic mass is 10.0. The van der Waals surface area contributed by atoms with Gasteiger partial charge in [0.2, 0.25) is 0 Å². The van der Waals surface area contributed by atoms with Crippen LogP contribution < -0.4 is 4.74 Å². The Morgan fingerprint density at radius 3 is 2.54 bits per heavy atom. The molecule has 0 spiro atoms. The summed E-state index contributed by atoms with van der Waals surface area (Å²) in [6.07, 6.45) is 4.38. The number of rotatable bonds is 6. The van der Waals surface area contributed by atoms with Gasteiger partial charge in [-0.15, -0.1) is 0 Å². The minimum Gasteiger partial charge on any atom is -0.489 e. The Balaban J connectivity index is 1.66. The van der Waals surface area contributed by atoms with Crippen LogP contribution in [0.3, 0.4) is 0 Å². The molecule has 134 valence electrons. The van der Waals surface area contributed by atoms with Crippen molar-refractivity contribution < 1.29 is 19.4 Å². The molecule has 0 saturated carbocycles. The zero-order valence-corrected chi connectivity index (χ0v) is 14.5. The Hall–Kier alpha value is -3.05. The Morgan fingerprint density at radius 1 is 1.12 bits per heavy atom. The van der Waals surface area contributed by atoms with Gasteiger partial charge in [-0.2, -0.15) is 0 Å². The topological polar surface area (TPSA) is 59.0 Å². The van der Waals surface area contributed by atoms with Crippen LogP contribution in [0.15, 0.2) is 72.9 Å². The van der Waals surface area contributed by atoms with Crippen LogP contribution >= 0.6 is 0 Å². The largest absolute Gasteiger partial charge is 0.489 e. The first kappa shape index (κ1) is 17.8. The number of hydrogen-bond acceptors (Lipinski definition) is 5. The van der Waals surface area contributed by atoms with Gasteiger partial charge in [-0.1, -0.05) is 48.5 Å². The summed E-state index contributed by atoms with van der Waals surface area (Å²) in [5, 5.41) is 9.97. The molecule has 0 aromatic heterocycles. The van der Waals surface area contributed by atoms with Crippen molar-refractivity contribution in [3.8, 4) is 5.75 Å². The van der Waals surface area contributed by atoms with Gasteiger partial charge in [0, 0.05) is 6.20 Å². The molecule has 2 aromatic rings. The SMILES string of the molecule is COC(=O)CN1C=C(c2ccc(OCc3ccccc3)cc2)C=CC1O. The number of hydrogen-bond donors (Lipinski definition) is 1. The third kappa shape index (κ3) is 4.52. The van der Waals surface area contributed by atoms with Gasteiger partial charge in [0.15, 0.2) is 0 Å². The highest BCUT2D eigenvalue weighted by atomic mass is 16.5. The van der Waals surface area contributed by atoms with E-state index in [0.29, 0.717) is 6.61 Å². The highest BCUT2D eigenvalue weighted by Crippen LogP contribution is 2.24. The molecule has 26 heavy (non-hydrogen) atoms. The summed E-state index contributed by atoms with van der Waals surface area (Å²) in [6.45, 7) is 0.506. The fourth-order valence-corrected chi connectivity index (χ4v) is 2.61. The average molecular weight is 351 g/mol. The highest BCUT2D eigenvalue weighted by Gasteiger charge is 2.18. The molecule has 3 rings (SSSR count). The standard InChI is InChI=1S/C21H21NO4/c1-25-21(24)14-22-13-18(9-12-20(22)23)17-7-10-19(11-8-17)26-15-16-5-3-2-4-6-16/h2-13,20,23H,14-15H2,1H3. The van der Waals surface area contributed by atoms with Gasteiger partial charge < -0.3 is 19.5 Å². The van der Waals surface area contributed by atoms with Gasteiger partial charge in [-0.3, -0.25) is 4.79 Å². The molecule has 0 fully saturated rings. The summed E-state index contributed by atoms with van der Waals surface area (Å²) in [6, 6.07) is 17.7. The third-order valence-electron chi connectivity index (χ3n) is 4.07. The number of methoxy groups -OCH3 is 1. The summed E-state index contributed by atoms with van der Waals surface area (Å²) in [5.41, 5.74) is 2.98. The molecule has 5 heteroatoms. The van der Waals surface area contributed by atoms with Gasteiger partial charge in [0.25, 0.3) is 0 Å². The second kappa shape index (κ2) is 8.36. The number of aliphatic hydroxyl groups excluding tert-OH is 1. The van der Waals surface area contributed by atoms with Crippen molar-refractivity contribution in [3.63, 3.8) is 0 Å². The molecule has 0 radical (unpaired) electrons. The van der Waals surface area contributed by atoms with Gasteiger partial charge in [-0.25, -0.2) is 0 Å². The van der Waals surface area contributed by atoms with Crippen molar-refractivity contribution in [2.45, 2.75) is 12.8 Å². The van der Waals surface area contributed by atoms with E-state index in [1.54, 1.807) is 12.3 Å². The Bertz CT molecular complexity index is 797. The smallest absolute Gasteiger partial charge is 0.325 e. The van der Waals surface area contributed by atoms with Crippen LogP contribution in [0.5, 0.6) is 5.75 Å². The number of nitrogens with zero attached hydrogens (tertiary/aromatic N) is 1. The summed E-state index contributed by atoms with van der Waals surface area (Å²) in [5.74, 6) is 0.379. The fraction of sp³-hybridized carbons (Fsp3) is 0.190. The maximum absolute atomic E-state index is 11.5. The predicted octanol–water partition coefficient (Wildman–Crippen LogP) is 2.97. The zero-order chi connectivity index (χ0) is 18.4. The summed E-state index contributed by atoms with van der Waals surface area (Å²) in [4.78, 5) is 13.0. The molecule has 0 aliphatic carbocycles. The van der Waals surface area contributed by atoms with Gasteiger partial charge in [0.05, 0.1) is 7.11 Å². The monoisotopic (exact) mass is 351 g/mol. The number of benzene rings is 2. The van der Waals surface area contributed by atoms with E-state index in [-0.39, 0.29) is 6.54 Å². The molecule has 5 nitrogen and oxygen atoms in total. The number of allylic oxidation sites excluding steroid dienone is 2. The zero-order valence-electron chi connectivity index (χ0n) is 14.5. The van der Waals surface area contributed by atoms with Gasteiger partial charge in [0.1, 0.15) is 25.1 Å². The molecule has 1 unspecified atom stereocenters. The third-order valence-corrected chi connectivity index (χ3v) is 4.07. The first-order valence-electron chi connectivity index (χ1n) is 8.33. The second-order valence-electron chi connectivity index (χ2n) is 5.90. The molecule has 1 heterocycles. The van der Waals surface area contributed by atoms with E-state index in [2.05, 4.69) is 4.74 Å². The quantitative estimate of drug-likeness (QED) is 0.811. The Morgan fingerprint density at radius 2 is 1.85 bits per heavy atom. The predicted molar refractivity (Wildman–Crippen MR) is 99.1 cm³/mol. The number of carbonyl (C=O) groups is 1. The molecular formula is C21H21NO4. The number of carbonyl (C=O) groups excluding carboxylic acids is 1. The van der Waals surface area contributed by atoms with Gasteiger partial charge >= 0.3 is 5.97 Å². The fourth-order valence-electron chi connectivity index (χ4n) is 2.61. The molecule has 1 atom stereocenters. The first-order chi connectivity index (χ1) is 12.7. The van der Waals surface area contributed by atoms with Crippen LogP contribution in [0.25, 0.3) is 5.57 Å². The van der Waals surface area contributed by atoms with Crippen molar-refractivity contribution in [2.75, 3.05) is 13.7 Å². The lowest BCUT2D eigenvalue weighted by molar-refractivity contribution is -0.142. The van der Waals surface area contributed by atoms with Crippen LogP contribution in [-0.4, -0.2) is 35.9 Å². The van der Waals surface area contributed by atoms with Crippen molar-refractivity contribution in [1.82, 2.24) is 4.90 Å². The van der Waals surface area contributed by atoms with E-state index in [0.717, 1.165) is 22.4 Å². The average Bonchev–Trinajstić information content (AvgIpc) is 2.69. The summed E-state index contributed by atoms with van der Waals surface area (Å²) in [7, 11) is 1.33. The number of ether oxygens (including phenoxy) is 2. The Labute approximate surface area is 152 Å². The van der Waals surface area contributed by atoms with E-state index in [1.807, 2.05) is 60.7 Å². The molecule has 1 aliphatic rings. The lowest BCUT2D eigenvalue weighted by Crippen LogP contribution is -2.35. The number of aliphatic hydroxyl groups is 1. The van der Waals surface area contributed by atoms with Crippen LogP contribution in [0.1, 0.15) is 11.1 Å². The molecule has 0 saturated heterocycles. The highest BCUT2D eigenvalue weighted by molar-refractivity contribution is 5.77. The molecule has 0 bridgehead atoms. The number of esters is 1. The van der Waals surface area contributed by atoms with Crippen LogP contribution in [0.4, 0.5) is 0 Å². The van der Waals surface area contributed by atoms with Crippen LogP contribution in [-0.2, 0) is 16.1 Å². The maximum Gasteiger partial charge on any atom is 0.325 e. The minimum atomic E-state index is -0.841. The second-order valence-corrected chi connectivity index (χ2v) is 5.90. The molecule has 1 aliphatic heterocycles. The lowest BCUT2D eigenvalue weighted by Gasteiger charge is -2.27. The first-order valence-corrected chi connectivity index (χ1v) is 8.33. The van der Waals surface area contributed by atoms with E-state index >= 15 is 0 Å². The van der Waals surface area contributed by atoms with E-state index in [4.69, 9.17) is 4.74 Å². The summed E-state index contributed by atoms with van der Waals surface area (Å²) >= 11 is 0. The molecule has 1 N–H and O–H groups in total. The van der Waals surface area contributed by atoms with Crippen molar-refractivity contribution in [1.29, 1.82) is 0 Å². The maximum atomic E-state index is 11.5. The van der Waals surface area contributed by atoms with Crippen LogP contribution in [0, 0.1) is 0 Å². The molecular weight excluding hydrogens is 330 g/mol. The van der Waals surface area contributed by atoms with Crippen molar-refractivity contribution >= 4 is 11.5 Å². The van der Waals surface area contributed by atoms with Crippen molar-refractivity contribution in [3.05, 3.63) is 84.1 Å². The molecule has 0 amide bonds. The van der Waals surface area contributed by atoms with E-state index in [1.165, 1.54) is 12.0 Å². The van der Waals surface area contributed by atoms with Crippen molar-refractivity contribution in [2.24, 2.45) is 0 Å². The summed E-state index contributed by atoms with van der Waals surface area (Å²) < 4.78 is 10.5. The van der Waals surface area contributed by atoms with E-state index in [9.17, 15) is 9.90 Å². The minimum absolute atomic E-state index is 0.0101. The normalized spacial score (nSPS) is 16.2. The van der Waals surface area contributed by atoms with Gasteiger partial charge in [-0.05, 0) is 34.9 Å². The Kier molecular flexibility index (Phi) is 5.71. The molecule has 2 aromatic carbocycles.